The average Bonchev–Trinajstić information content (AvgIpc) is 3.37. The predicted molar refractivity (Wildman–Crippen MR) is 86.1 cm³/mol. The molecule has 0 radical (unpaired) electrons. The van der Waals surface area contributed by atoms with Gasteiger partial charge in [-0.3, -0.25) is 9.59 Å². The molecular formula is C18H27N3O2. The van der Waals surface area contributed by atoms with Crippen molar-refractivity contribution in [3.63, 3.8) is 0 Å². The summed E-state index contributed by atoms with van der Waals surface area (Å²) >= 11 is 0. The van der Waals surface area contributed by atoms with Crippen LogP contribution in [0.4, 0.5) is 0 Å². The van der Waals surface area contributed by atoms with E-state index in [-0.39, 0.29) is 23.3 Å². The number of hydrogen-bond acceptors (Lipinski definition) is 3. The summed E-state index contributed by atoms with van der Waals surface area (Å²) in [6, 6.07) is 1.59. The van der Waals surface area contributed by atoms with Crippen LogP contribution in [0.2, 0.25) is 0 Å². The zero-order chi connectivity index (χ0) is 16.7. The van der Waals surface area contributed by atoms with E-state index in [9.17, 15) is 14.9 Å². The molecule has 0 bridgehead atoms. The number of nitriles is 1. The summed E-state index contributed by atoms with van der Waals surface area (Å²) in [6.45, 7) is 4.45. The van der Waals surface area contributed by atoms with Crippen molar-refractivity contribution in [2.75, 3.05) is 0 Å². The van der Waals surface area contributed by atoms with Crippen LogP contribution in [0.3, 0.4) is 0 Å². The summed E-state index contributed by atoms with van der Waals surface area (Å²) in [5.41, 5.74) is 0.462. The fourth-order valence-corrected chi connectivity index (χ4v) is 3.83. The molecule has 23 heavy (non-hydrogen) atoms. The number of carbonyl (C=O) groups is 2. The van der Waals surface area contributed by atoms with Crippen LogP contribution in [-0.2, 0) is 9.59 Å². The van der Waals surface area contributed by atoms with Gasteiger partial charge in [0.25, 0.3) is 0 Å². The van der Waals surface area contributed by atoms with Crippen LogP contribution in [0.25, 0.3) is 0 Å². The number of nitrogens with zero attached hydrogens (tertiary/aromatic N) is 1. The Morgan fingerprint density at radius 2 is 2.13 bits per heavy atom. The zero-order valence-electron chi connectivity index (χ0n) is 14.2. The minimum atomic E-state index is -0.557. The quantitative estimate of drug-likeness (QED) is 0.788. The molecule has 5 nitrogen and oxygen atoms in total. The minimum absolute atomic E-state index is 0.0583. The van der Waals surface area contributed by atoms with Crippen LogP contribution in [0.5, 0.6) is 0 Å². The second-order valence-electron chi connectivity index (χ2n) is 8.42. The van der Waals surface area contributed by atoms with Crippen molar-refractivity contribution < 1.29 is 9.59 Å². The Morgan fingerprint density at radius 3 is 2.65 bits per heavy atom. The molecule has 2 N–H and O–H groups in total. The second-order valence-corrected chi connectivity index (χ2v) is 8.42. The van der Waals surface area contributed by atoms with Gasteiger partial charge in [0.2, 0.25) is 11.8 Å². The summed E-state index contributed by atoms with van der Waals surface area (Å²) in [5.74, 6) is 0.485. The molecule has 1 unspecified atom stereocenters. The molecule has 5 heteroatoms. The molecule has 1 heterocycles. The molecule has 3 atom stereocenters. The van der Waals surface area contributed by atoms with Crippen molar-refractivity contribution in [1.82, 2.24) is 10.6 Å². The highest BCUT2D eigenvalue weighted by molar-refractivity contribution is 5.81. The first-order chi connectivity index (χ1) is 10.8. The standard InChI is InChI=1S/C18H27N3O2/c1-17(2)10-13(17)3-4-15(22)20-14(11-19)9-12-5-6-18(7-8-18)21-16(12)23/h12-14H,3-10H2,1-2H3,(H,20,22)(H,21,23)/t12-,13?,14-/m0/s1. The first-order valence-corrected chi connectivity index (χ1v) is 8.85. The van der Waals surface area contributed by atoms with E-state index in [4.69, 9.17) is 0 Å². The van der Waals surface area contributed by atoms with Gasteiger partial charge in [-0.1, -0.05) is 13.8 Å². The number of nitrogens with one attached hydrogen (secondary N) is 2. The van der Waals surface area contributed by atoms with Crippen LogP contribution in [0.1, 0.15) is 65.2 Å². The maximum atomic E-state index is 12.1. The molecule has 0 aromatic rings. The number of carbonyl (C=O) groups excluding carboxylic acids is 2. The SMILES string of the molecule is CC1(C)CC1CCC(=O)N[C@H](C#N)C[C@@H]1CCC2(CC2)NC1=O. The summed E-state index contributed by atoms with van der Waals surface area (Å²) in [6.07, 6.45) is 6.99. The number of hydrogen-bond donors (Lipinski definition) is 2. The lowest BCUT2D eigenvalue weighted by molar-refractivity contribution is -0.129. The van der Waals surface area contributed by atoms with Gasteiger partial charge in [-0.2, -0.15) is 5.26 Å². The normalized spacial score (nSPS) is 30.9. The maximum Gasteiger partial charge on any atom is 0.223 e. The fourth-order valence-electron chi connectivity index (χ4n) is 3.83. The Hall–Kier alpha value is -1.57. The van der Waals surface area contributed by atoms with Gasteiger partial charge in [-0.25, -0.2) is 0 Å². The Bertz CT molecular complexity index is 545. The third kappa shape index (κ3) is 3.85. The number of rotatable bonds is 6. The largest absolute Gasteiger partial charge is 0.350 e. The highest BCUT2D eigenvalue weighted by Gasteiger charge is 2.48. The van der Waals surface area contributed by atoms with Crippen LogP contribution in [0.15, 0.2) is 0 Å². The van der Waals surface area contributed by atoms with Crippen molar-refractivity contribution in [2.45, 2.75) is 76.8 Å². The third-order valence-corrected chi connectivity index (χ3v) is 6.03. The van der Waals surface area contributed by atoms with Gasteiger partial charge in [0, 0.05) is 17.9 Å². The Kier molecular flexibility index (Phi) is 4.12. The Labute approximate surface area is 138 Å². The maximum absolute atomic E-state index is 12.1. The van der Waals surface area contributed by atoms with E-state index in [1.54, 1.807) is 0 Å². The molecular weight excluding hydrogens is 290 g/mol. The number of amides is 2. The Balaban J connectivity index is 1.41. The van der Waals surface area contributed by atoms with Crippen LogP contribution >= 0.6 is 0 Å². The van der Waals surface area contributed by atoms with E-state index in [0.717, 1.165) is 32.1 Å². The molecule has 1 spiro atoms. The van der Waals surface area contributed by atoms with Crippen LogP contribution in [-0.4, -0.2) is 23.4 Å². The molecule has 2 aliphatic carbocycles. The molecule has 2 amide bonds. The van der Waals surface area contributed by atoms with Crippen LogP contribution in [0, 0.1) is 28.6 Å². The molecule has 2 saturated carbocycles. The van der Waals surface area contributed by atoms with Crippen molar-refractivity contribution in [3.8, 4) is 6.07 Å². The lowest BCUT2D eigenvalue weighted by Crippen LogP contribution is -2.47. The van der Waals surface area contributed by atoms with E-state index in [0.29, 0.717) is 24.2 Å². The molecule has 1 saturated heterocycles. The highest BCUT2D eigenvalue weighted by Crippen LogP contribution is 2.54. The minimum Gasteiger partial charge on any atom is -0.350 e. The predicted octanol–water partition coefficient (Wildman–Crippen LogP) is 2.27. The van der Waals surface area contributed by atoms with E-state index in [1.165, 1.54) is 6.42 Å². The summed E-state index contributed by atoms with van der Waals surface area (Å²) in [4.78, 5) is 24.2. The van der Waals surface area contributed by atoms with Crippen LogP contribution < -0.4 is 10.6 Å². The molecule has 3 fully saturated rings. The van der Waals surface area contributed by atoms with E-state index < -0.39 is 6.04 Å². The summed E-state index contributed by atoms with van der Waals surface area (Å²) < 4.78 is 0. The first kappa shape index (κ1) is 16.3. The van der Waals surface area contributed by atoms with E-state index in [2.05, 4.69) is 30.6 Å². The first-order valence-electron chi connectivity index (χ1n) is 8.85. The van der Waals surface area contributed by atoms with Gasteiger partial charge >= 0.3 is 0 Å². The van der Waals surface area contributed by atoms with Crippen molar-refractivity contribution in [1.29, 1.82) is 5.26 Å². The van der Waals surface area contributed by atoms with E-state index in [1.807, 2.05) is 0 Å². The number of piperidine rings is 1. The molecule has 126 valence electrons. The van der Waals surface area contributed by atoms with Gasteiger partial charge in [-0.15, -0.1) is 0 Å². The fraction of sp³-hybridized carbons (Fsp3) is 0.833. The second kappa shape index (κ2) is 5.81. The summed E-state index contributed by atoms with van der Waals surface area (Å²) in [7, 11) is 0. The molecule has 3 aliphatic rings. The van der Waals surface area contributed by atoms with Crippen molar-refractivity contribution in [2.24, 2.45) is 17.3 Å². The van der Waals surface area contributed by atoms with E-state index >= 15 is 0 Å². The van der Waals surface area contributed by atoms with Gasteiger partial charge in [0.1, 0.15) is 6.04 Å². The van der Waals surface area contributed by atoms with Crippen molar-refractivity contribution >= 4 is 11.8 Å². The highest BCUT2D eigenvalue weighted by atomic mass is 16.2. The molecule has 0 aromatic carbocycles. The van der Waals surface area contributed by atoms with Gasteiger partial charge in [0.15, 0.2) is 0 Å². The van der Waals surface area contributed by atoms with Gasteiger partial charge in [0.05, 0.1) is 6.07 Å². The van der Waals surface area contributed by atoms with Gasteiger partial charge in [-0.05, 0) is 56.3 Å². The molecule has 0 aromatic heterocycles. The zero-order valence-corrected chi connectivity index (χ0v) is 14.2. The third-order valence-electron chi connectivity index (χ3n) is 6.03. The summed E-state index contributed by atoms with van der Waals surface area (Å²) in [5, 5.41) is 15.2. The molecule has 1 aliphatic heterocycles. The van der Waals surface area contributed by atoms with Gasteiger partial charge < -0.3 is 10.6 Å². The topological polar surface area (TPSA) is 82.0 Å². The molecule has 3 rings (SSSR count). The smallest absolute Gasteiger partial charge is 0.223 e. The monoisotopic (exact) mass is 317 g/mol. The lowest BCUT2D eigenvalue weighted by atomic mass is 9.87. The lowest BCUT2D eigenvalue weighted by Gasteiger charge is -2.30. The van der Waals surface area contributed by atoms with Crippen molar-refractivity contribution in [3.05, 3.63) is 0 Å². The average molecular weight is 317 g/mol. The Morgan fingerprint density at radius 1 is 1.43 bits per heavy atom.